The minimum absolute atomic E-state index is 0.0377. The van der Waals surface area contributed by atoms with E-state index in [-0.39, 0.29) is 17.7 Å². The first-order chi connectivity index (χ1) is 17.1. The Kier molecular flexibility index (Phi) is 13.4. The molecule has 0 fully saturated rings. The van der Waals surface area contributed by atoms with Crippen molar-refractivity contribution in [3.05, 3.63) is 72.8 Å². The van der Waals surface area contributed by atoms with E-state index in [1.807, 2.05) is 0 Å². The van der Waals surface area contributed by atoms with Crippen LogP contribution in [0.2, 0.25) is 0 Å². The maximum Gasteiger partial charge on any atom is 0.341 e. The minimum atomic E-state index is -2.02. The van der Waals surface area contributed by atoms with Gasteiger partial charge in [0.2, 0.25) is 0 Å². The molecule has 198 valence electrons. The molecular formula is C18H21N3O13S2. The predicted octanol–water partition coefficient (Wildman–Crippen LogP) is 2.32. The maximum absolute atomic E-state index is 12.7. The Bertz CT molecular complexity index is 901. The fourth-order valence-corrected chi connectivity index (χ4v) is 4.03. The van der Waals surface area contributed by atoms with Crippen LogP contribution < -0.4 is 4.74 Å². The van der Waals surface area contributed by atoms with Crippen LogP contribution in [0.1, 0.15) is 16.8 Å². The number of para-hydroxylation sites is 1. The molecular weight excluding hydrogens is 530 g/mol. The number of rotatable bonds is 19. The van der Waals surface area contributed by atoms with Crippen LogP contribution in [0, 0.1) is 35.8 Å². The van der Waals surface area contributed by atoms with E-state index in [2.05, 4.69) is 21.1 Å². The molecule has 0 aliphatic rings. The van der Waals surface area contributed by atoms with Gasteiger partial charge in [0.1, 0.15) is 37.7 Å². The Morgan fingerprint density at radius 2 is 1.47 bits per heavy atom. The third-order valence-corrected chi connectivity index (χ3v) is 6.24. The molecule has 0 bridgehead atoms. The lowest BCUT2D eigenvalue weighted by atomic mass is 9.92. The summed E-state index contributed by atoms with van der Waals surface area (Å²) >= 11 is 0. The summed E-state index contributed by atoms with van der Waals surface area (Å²) in [6.07, 6.45) is 1.75. The third-order valence-electron chi connectivity index (χ3n) is 3.93. The highest BCUT2D eigenvalue weighted by molar-refractivity contribution is 8.76. The highest BCUT2D eigenvalue weighted by Crippen LogP contribution is 2.25. The standard InChI is InChI=1S/C18H21N3O13S2/c1-2-8-35-36-9-7-16(22)34-15-6-4-3-5-14(15)17(23)30-10-18(11-31-19(24)25,12-32-20(26)27)13-33-21(28)29/h2-6H,1,7-13H2. The van der Waals surface area contributed by atoms with Crippen molar-refractivity contribution in [2.75, 3.05) is 37.9 Å². The molecule has 0 saturated carbocycles. The van der Waals surface area contributed by atoms with Gasteiger partial charge in [0, 0.05) is 11.5 Å². The first-order valence-electron chi connectivity index (χ1n) is 9.72. The predicted molar refractivity (Wildman–Crippen MR) is 123 cm³/mol. The molecule has 1 rings (SSSR count). The molecule has 16 nitrogen and oxygen atoms in total. The van der Waals surface area contributed by atoms with Gasteiger partial charge in [0.25, 0.3) is 15.3 Å². The summed E-state index contributed by atoms with van der Waals surface area (Å²) < 4.78 is 10.3. The second kappa shape index (κ2) is 16.0. The van der Waals surface area contributed by atoms with E-state index >= 15 is 0 Å². The Hall–Kier alpha value is -3.80. The zero-order chi connectivity index (χ0) is 27.0. The van der Waals surface area contributed by atoms with Crippen LogP contribution in [0.25, 0.3) is 0 Å². The zero-order valence-electron chi connectivity index (χ0n) is 18.5. The molecule has 0 radical (unpaired) electrons. The van der Waals surface area contributed by atoms with Crippen molar-refractivity contribution in [2.24, 2.45) is 5.41 Å². The van der Waals surface area contributed by atoms with Crippen molar-refractivity contribution in [2.45, 2.75) is 6.42 Å². The quantitative estimate of drug-likeness (QED) is 0.0459. The second-order valence-corrected chi connectivity index (χ2v) is 9.31. The van der Waals surface area contributed by atoms with E-state index in [1.165, 1.54) is 45.9 Å². The number of benzene rings is 1. The average Bonchev–Trinajstić information content (AvgIpc) is 2.83. The van der Waals surface area contributed by atoms with E-state index in [9.17, 15) is 39.9 Å². The molecule has 1 aromatic carbocycles. The molecule has 0 amide bonds. The summed E-state index contributed by atoms with van der Waals surface area (Å²) in [6.45, 7) is -0.329. The Labute approximate surface area is 210 Å². The van der Waals surface area contributed by atoms with E-state index in [4.69, 9.17) is 9.47 Å². The number of nitrogens with zero attached hydrogens (tertiary/aromatic N) is 3. The van der Waals surface area contributed by atoms with Crippen molar-refractivity contribution in [3.8, 4) is 5.75 Å². The number of ether oxygens (including phenoxy) is 2. The molecule has 0 atom stereocenters. The summed E-state index contributed by atoms with van der Waals surface area (Å²) in [5.41, 5.74) is -2.23. The smallest absolute Gasteiger partial charge is 0.341 e. The van der Waals surface area contributed by atoms with E-state index in [0.29, 0.717) is 11.5 Å². The molecule has 36 heavy (non-hydrogen) atoms. The largest absolute Gasteiger partial charge is 0.461 e. The fourth-order valence-electron chi connectivity index (χ4n) is 2.29. The second-order valence-electron chi connectivity index (χ2n) is 6.68. The zero-order valence-corrected chi connectivity index (χ0v) is 20.1. The molecule has 18 heteroatoms. The molecule has 0 N–H and O–H groups in total. The SMILES string of the molecule is C=CCSSCCC(=O)Oc1ccccc1C(=O)OCC(CO[N+](=O)[O-])(CO[N+](=O)[O-])CO[N+](=O)[O-]. The number of carbonyl (C=O) groups excluding carboxylic acids is 2. The Balaban J connectivity index is 2.95. The van der Waals surface area contributed by atoms with Gasteiger partial charge < -0.3 is 24.0 Å². The molecule has 0 spiro atoms. The van der Waals surface area contributed by atoms with Crippen LogP contribution in [0.15, 0.2) is 36.9 Å². The maximum atomic E-state index is 12.7. The van der Waals surface area contributed by atoms with E-state index in [0.717, 1.165) is 0 Å². The number of esters is 2. The highest BCUT2D eigenvalue weighted by atomic mass is 33.1. The number of carbonyl (C=O) groups is 2. The average molecular weight is 552 g/mol. The summed E-state index contributed by atoms with van der Waals surface area (Å²) in [5, 5.41) is 28.1. The highest BCUT2D eigenvalue weighted by Gasteiger charge is 2.37. The van der Waals surface area contributed by atoms with Crippen molar-refractivity contribution in [1.82, 2.24) is 0 Å². The fraction of sp³-hybridized carbons (Fsp3) is 0.444. The molecule has 0 heterocycles. The van der Waals surface area contributed by atoms with Crippen LogP contribution in [0.3, 0.4) is 0 Å². The monoisotopic (exact) mass is 551 g/mol. The Morgan fingerprint density at radius 3 is 2.00 bits per heavy atom. The number of hydrogen-bond donors (Lipinski definition) is 0. The van der Waals surface area contributed by atoms with Gasteiger partial charge in [-0.15, -0.1) is 36.9 Å². The minimum Gasteiger partial charge on any atom is -0.461 e. The lowest BCUT2D eigenvalue weighted by Crippen LogP contribution is -2.44. The van der Waals surface area contributed by atoms with Gasteiger partial charge in [-0.2, -0.15) is 0 Å². The Morgan fingerprint density at radius 1 is 0.917 bits per heavy atom. The normalized spacial score (nSPS) is 10.6. The van der Waals surface area contributed by atoms with Crippen molar-refractivity contribution < 1.29 is 48.8 Å². The van der Waals surface area contributed by atoms with Crippen LogP contribution in [-0.2, 0) is 24.0 Å². The summed E-state index contributed by atoms with van der Waals surface area (Å²) in [7, 11) is 2.93. The third kappa shape index (κ3) is 12.1. The van der Waals surface area contributed by atoms with Gasteiger partial charge in [-0.3, -0.25) is 4.79 Å². The van der Waals surface area contributed by atoms with Gasteiger partial charge >= 0.3 is 11.9 Å². The van der Waals surface area contributed by atoms with Crippen LogP contribution in [-0.4, -0.2) is 65.1 Å². The van der Waals surface area contributed by atoms with Gasteiger partial charge in [-0.1, -0.05) is 39.8 Å². The summed E-state index contributed by atoms with van der Waals surface area (Å²) in [5.74, 6) is -0.736. The van der Waals surface area contributed by atoms with Gasteiger partial charge in [-0.25, -0.2) is 4.79 Å². The molecule has 0 unspecified atom stereocenters. The molecule has 0 aliphatic heterocycles. The first-order valence-corrected chi connectivity index (χ1v) is 12.2. The van der Waals surface area contributed by atoms with Crippen LogP contribution >= 0.6 is 21.6 Å². The topological polar surface area (TPSA) is 210 Å². The lowest BCUT2D eigenvalue weighted by molar-refractivity contribution is -0.782. The van der Waals surface area contributed by atoms with Crippen molar-refractivity contribution >= 4 is 33.5 Å². The van der Waals surface area contributed by atoms with Crippen LogP contribution in [0.5, 0.6) is 5.75 Å². The molecule has 0 aromatic heterocycles. The van der Waals surface area contributed by atoms with Gasteiger partial charge in [0.15, 0.2) is 0 Å². The molecule has 0 saturated heterocycles. The van der Waals surface area contributed by atoms with E-state index in [1.54, 1.807) is 6.08 Å². The molecule has 1 aromatic rings. The van der Waals surface area contributed by atoms with Gasteiger partial charge in [-0.05, 0) is 12.1 Å². The molecule has 0 aliphatic carbocycles. The number of hydrogen-bond acceptors (Lipinski definition) is 15. The van der Waals surface area contributed by atoms with Crippen molar-refractivity contribution in [3.63, 3.8) is 0 Å². The van der Waals surface area contributed by atoms with Crippen molar-refractivity contribution in [1.29, 1.82) is 0 Å². The lowest BCUT2D eigenvalue weighted by Gasteiger charge is -2.29. The summed E-state index contributed by atoms with van der Waals surface area (Å²) in [4.78, 5) is 69.3. The van der Waals surface area contributed by atoms with Crippen LogP contribution in [0.4, 0.5) is 0 Å². The van der Waals surface area contributed by atoms with E-state index < -0.39 is 59.0 Å². The first kappa shape index (κ1) is 30.2. The summed E-state index contributed by atoms with van der Waals surface area (Å²) in [6, 6.07) is 5.50. The van der Waals surface area contributed by atoms with Gasteiger partial charge in [0.05, 0.1) is 11.8 Å².